The van der Waals surface area contributed by atoms with Gasteiger partial charge in [-0.1, -0.05) is 26.8 Å². The number of hydrogen-bond donors (Lipinski definition) is 0. The lowest BCUT2D eigenvalue weighted by Crippen LogP contribution is -2.54. The number of carbonyl (C=O) groups excluding carboxylic acids is 1. The van der Waals surface area contributed by atoms with Crippen LogP contribution in [-0.2, 0) is 21.2 Å². The SMILES string of the molecule is Cc1cccc(CN2CCS(=O)(=O)[C@@H]3CCN(C(=O)CC(C)(C)C)CC[C@@H]32)n1. The van der Waals surface area contributed by atoms with Gasteiger partial charge in [0.1, 0.15) is 0 Å². The molecular formula is C21H33N3O3S. The molecule has 28 heavy (non-hydrogen) atoms. The van der Waals surface area contributed by atoms with Gasteiger partial charge in [0.25, 0.3) is 0 Å². The second kappa shape index (κ2) is 8.11. The van der Waals surface area contributed by atoms with Gasteiger partial charge in [0.05, 0.1) is 16.7 Å². The minimum atomic E-state index is -3.12. The molecule has 0 aromatic carbocycles. The quantitative estimate of drug-likeness (QED) is 0.770. The molecule has 3 heterocycles. The van der Waals surface area contributed by atoms with Gasteiger partial charge in [-0.2, -0.15) is 0 Å². The van der Waals surface area contributed by atoms with Crippen molar-refractivity contribution in [1.29, 1.82) is 0 Å². The third kappa shape index (κ3) is 5.11. The highest BCUT2D eigenvalue weighted by Gasteiger charge is 2.43. The van der Waals surface area contributed by atoms with E-state index >= 15 is 0 Å². The Morgan fingerprint density at radius 3 is 2.57 bits per heavy atom. The van der Waals surface area contributed by atoms with Gasteiger partial charge >= 0.3 is 0 Å². The van der Waals surface area contributed by atoms with Crippen LogP contribution in [0.4, 0.5) is 0 Å². The van der Waals surface area contributed by atoms with Crippen molar-refractivity contribution >= 4 is 15.7 Å². The Balaban J connectivity index is 1.76. The molecule has 6 nitrogen and oxygen atoms in total. The summed E-state index contributed by atoms with van der Waals surface area (Å²) in [4.78, 5) is 21.4. The van der Waals surface area contributed by atoms with Crippen molar-refractivity contribution in [2.75, 3.05) is 25.4 Å². The fourth-order valence-corrected chi connectivity index (χ4v) is 6.41. The van der Waals surface area contributed by atoms with Crippen LogP contribution in [0, 0.1) is 12.3 Å². The summed E-state index contributed by atoms with van der Waals surface area (Å²) in [6, 6.07) is 5.92. The highest BCUT2D eigenvalue weighted by atomic mass is 32.2. The van der Waals surface area contributed by atoms with Gasteiger partial charge in [-0.05, 0) is 37.3 Å². The van der Waals surface area contributed by atoms with Gasteiger partial charge in [-0.15, -0.1) is 0 Å². The molecule has 2 aliphatic rings. The van der Waals surface area contributed by atoms with Crippen molar-refractivity contribution in [2.24, 2.45) is 5.41 Å². The van der Waals surface area contributed by atoms with E-state index in [9.17, 15) is 13.2 Å². The van der Waals surface area contributed by atoms with Crippen molar-refractivity contribution in [3.63, 3.8) is 0 Å². The van der Waals surface area contributed by atoms with Crippen molar-refractivity contribution in [3.8, 4) is 0 Å². The predicted octanol–water partition coefficient (Wildman–Crippen LogP) is 2.42. The van der Waals surface area contributed by atoms with Gasteiger partial charge in [-0.3, -0.25) is 14.7 Å². The molecule has 156 valence electrons. The summed E-state index contributed by atoms with van der Waals surface area (Å²) in [5.41, 5.74) is 1.88. The minimum absolute atomic E-state index is 0.0477. The fraction of sp³-hybridized carbons (Fsp3) is 0.714. The Labute approximate surface area is 169 Å². The second-order valence-electron chi connectivity index (χ2n) is 9.41. The zero-order valence-electron chi connectivity index (χ0n) is 17.5. The number of hydrogen-bond acceptors (Lipinski definition) is 5. The van der Waals surface area contributed by atoms with Crippen LogP contribution in [0.2, 0.25) is 0 Å². The van der Waals surface area contributed by atoms with E-state index in [-0.39, 0.29) is 23.1 Å². The molecule has 0 unspecified atom stereocenters. The van der Waals surface area contributed by atoms with E-state index in [1.54, 1.807) is 0 Å². The number of aromatic nitrogens is 1. The average Bonchev–Trinajstić information content (AvgIpc) is 2.80. The lowest BCUT2D eigenvalue weighted by atomic mass is 9.91. The van der Waals surface area contributed by atoms with Crippen molar-refractivity contribution in [3.05, 3.63) is 29.6 Å². The standard InChI is InChI=1S/C21H33N3O3S/c1-16-6-5-7-17(22-16)15-24-12-13-28(26,27)19-9-11-23(10-8-18(19)24)20(25)14-21(2,3)4/h5-7,18-19H,8-15H2,1-4H3/t18-,19+/m0/s1. The largest absolute Gasteiger partial charge is 0.343 e. The fourth-order valence-electron chi connectivity index (χ4n) is 4.37. The molecule has 2 aliphatic heterocycles. The third-order valence-electron chi connectivity index (χ3n) is 5.75. The number of carbonyl (C=O) groups is 1. The molecule has 0 aliphatic carbocycles. The molecule has 0 spiro atoms. The molecule has 1 amide bonds. The smallest absolute Gasteiger partial charge is 0.223 e. The predicted molar refractivity (Wildman–Crippen MR) is 111 cm³/mol. The summed E-state index contributed by atoms with van der Waals surface area (Å²) in [5.74, 6) is 0.325. The maximum atomic E-state index is 12.8. The number of likely N-dealkylation sites (tertiary alicyclic amines) is 1. The van der Waals surface area contributed by atoms with Crippen LogP contribution < -0.4 is 0 Å². The first kappa shape index (κ1) is 21.2. The highest BCUT2D eigenvalue weighted by Crippen LogP contribution is 2.30. The Kier molecular flexibility index (Phi) is 6.15. The highest BCUT2D eigenvalue weighted by molar-refractivity contribution is 7.92. The summed E-state index contributed by atoms with van der Waals surface area (Å²) < 4.78 is 25.6. The maximum Gasteiger partial charge on any atom is 0.223 e. The van der Waals surface area contributed by atoms with Gasteiger partial charge in [0.15, 0.2) is 9.84 Å². The summed E-state index contributed by atoms with van der Waals surface area (Å²) in [6.45, 7) is 10.5. The number of nitrogens with zero attached hydrogens (tertiary/aromatic N) is 3. The van der Waals surface area contributed by atoms with E-state index in [1.807, 2.05) is 30.0 Å². The molecule has 2 saturated heterocycles. The Hall–Kier alpha value is -1.47. The van der Waals surface area contributed by atoms with E-state index in [1.165, 1.54) is 0 Å². The number of aryl methyl sites for hydroxylation is 1. The molecule has 0 N–H and O–H groups in total. The zero-order valence-corrected chi connectivity index (χ0v) is 18.3. The molecule has 0 saturated carbocycles. The van der Waals surface area contributed by atoms with Crippen molar-refractivity contribution < 1.29 is 13.2 Å². The molecule has 0 radical (unpaired) electrons. The van der Waals surface area contributed by atoms with Gasteiger partial charge in [-0.25, -0.2) is 8.42 Å². The van der Waals surface area contributed by atoms with E-state index < -0.39 is 15.1 Å². The van der Waals surface area contributed by atoms with Gasteiger partial charge in [0.2, 0.25) is 5.91 Å². The number of sulfone groups is 1. The van der Waals surface area contributed by atoms with E-state index in [4.69, 9.17) is 0 Å². The summed E-state index contributed by atoms with van der Waals surface area (Å²) in [5, 5.41) is -0.390. The molecule has 0 bridgehead atoms. The molecule has 2 fully saturated rings. The lowest BCUT2D eigenvalue weighted by Gasteiger charge is -2.39. The first-order valence-electron chi connectivity index (χ1n) is 10.2. The molecule has 7 heteroatoms. The topological polar surface area (TPSA) is 70.6 Å². The zero-order chi connectivity index (χ0) is 20.5. The van der Waals surface area contributed by atoms with E-state index in [0.717, 1.165) is 11.4 Å². The number of fused-ring (bicyclic) bond motifs is 1. The van der Waals surface area contributed by atoms with Crippen LogP contribution in [0.5, 0.6) is 0 Å². The number of amides is 1. The van der Waals surface area contributed by atoms with E-state index in [2.05, 4.69) is 30.7 Å². The lowest BCUT2D eigenvalue weighted by molar-refractivity contribution is -0.133. The van der Waals surface area contributed by atoms with Crippen LogP contribution >= 0.6 is 0 Å². The van der Waals surface area contributed by atoms with Crippen LogP contribution in [0.3, 0.4) is 0 Å². The average molecular weight is 408 g/mol. The molecular weight excluding hydrogens is 374 g/mol. The maximum absolute atomic E-state index is 12.8. The van der Waals surface area contributed by atoms with Crippen LogP contribution in [0.25, 0.3) is 0 Å². The Morgan fingerprint density at radius 2 is 1.89 bits per heavy atom. The molecule has 2 atom stereocenters. The summed E-state index contributed by atoms with van der Waals surface area (Å²) in [7, 11) is -3.12. The molecule has 1 aromatic heterocycles. The molecule has 1 aromatic rings. The summed E-state index contributed by atoms with van der Waals surface area (Å²) in [6.07, 6.45) is 1.72. The van der Waals surface area contributed by atoms with Crippen LogP contribution in [0.1, 0.15) is 51.4 Å². The van der Waals surface area contributed by atoms with Gasteiger partial charge in [0, 0.05) is 44.3 Å². The van der Waals surface area contributed by atoms with Gasteiger partial charge < -0.3 is 4.90 Å². The first-order valence-corrected chi connectivity index (χ1v) is 11.9. The minimum Gasteiger partial charge on any atom is -0.343 e. The monoisotopic (exact) mass is 407 g/mol. The normalized spacial score (nSPS) is 25.8. The van der Waals surface area contributed by atoms with E-state index in [0.29, 0.717) is 45.4 Å². The van der Waals surface area contributed by atoms with Crippen molar-refractivity contribution in [1.82, 2.24) is 14.8 Å². The summed E-state index contributed by atoms with van der Waals surface area (Å²) >= 11 is 0. The first-order chi connectivity index (χ1) is 13.0. The number of rotatable bonds is 3. The Morgan fingerprint density at radius 1 is 1.18 bits per heavy atom. The second-order valence-corrected chi connectivity index (χ2v) is 11.7. The third-order valence-corrected chi connectivity index (χ3v) is 7.97. The van der Waals surface area contributed by atoms with Crippen LogP contribution in [-0.4, -0.2) is 65.8 Å². The van der Waals surface area contributed by atoms with Crippen molar-refractivity contribution in [2.45, 2.75) is 64.8 Å². The van der Waals surface area contributed by atoms with Crippen LogP contribution in [0.15, 0.2) is 18.2 Å². The Bertz CT molecular complexity index is 816. The number of pyridine rings is 1. The molecule has 3 rings (SSSR count).